The smallest absolute Gasteiger partial charge is 0.271 e. The zero-order chi connectivity index (χ0) is 26.7. The van der Waals surface area contributed by atoms with Crippen molar-refractivity contribution in [1.82, 2.24) is 9.47 Å². The average Bonchev–Trinajstić information content (AvgIpc) is 3.47. The number of thioether (sulfide) groups is 1. The molecule has 1 N–H and O–H groups in total. The SMILES string of the molecule is Cc1ccc(Cn2c(O)c(C(=O)CCCN3C(=O)/C(=C/c4cccs4)SC3=S)c(C)c(C#N)c2=O)cc1. The Morgan fingerprint density at radius 2 is 1.92 bits per heavy atom. The summed E-state index contributed by atoms with van der Waals surface area (Å²) >= 11 is 8.12. The maximum atomic E-state index is 13.2. The monoisotopic (exact) mass is 549 g/mol. The van der Waals surface area contributed by atoms with Crippen molar-refractivity contribution in [3.63, 3.8) is 0 Å². The molecule has 7 nitrogen and oxygen atoms in total. The van der Waals surface area contributed by atoms with Crippen LogP contribution in [-0.4, -0.2) is 37.1 Å². The first kappa shape index (κ1) is 26.5. The number of hydrogen-bond donors (Lipinski definition) is 1. The Kier molecular flexibility index (Phi) is 8.07. The molecule has 1 amide bonds. The van der Waals surface area contributed by atoms with Crippen LogP contribution in [0.3, 0.4) is 0 Å². The van der Waals surface area contributed by atoms with Gasteiger partial charge in [0, 0.05) is 17.8 Å². The number of thiophene rings is 1. The van der Waals surface area contributed by atoms with E-state index in [4.69, 9.17) is 12.2 Å². The topological polar surface area (TPSA) is 103 Å². The van der Waals surface area contributed by atoms with Gasteiger partial charge in [0.1, 0.15) is 16.0 Å². The van der Waals surface area contributed by atoms with Gasteiger partial charge in [-0.1, -0.05) is 59.9 Å². The maximum absolute atomic E-state index is 13.2. The van der Waals surface area contributed by atoms with Crippen LogP contribution in [0.1, 0.15) is 50.3 Å². The number of rotatable bonds is 8. The van der Waals surface area contributed by atoms with Gasteiger partial charge in [0.05, 0.1) is 17.0 Å². The molecule has 10 heteroatoms. The van der Waals surface area contributed by atoms with E-state index in [0.717, 1.165) is 20.6 Å². The van der Waals surface area contributed by atoms with Crippen molar-refractivity contribution in [2.45, 2.75) is 33.2 Å². The lowest BCUT2D eigenvalue weighted by Gasteiger charge is -2.17. The summed E-state index contributed by atoms with van der Waals surface area (Å²) in [6.45, 7) is 3.69. The molecule has 0 unspecified atom stereocenters. The first-order chi connectivity index (χ1) is 17.7. The predicted molar refractivity (Wildman–Crippen MR) is 150 cm³/mol. The number of carbonyl (C=O) groups excluding carboxylic acids is 2. The van der Waals surface area contributed by atoms with Crippen LogP contribution < -0.4 is 5.56 Å². The van der Waals surface area contributed by atoms with Crippen molar-refractivity contribution < 1.29 is 14.7 Å². The summed E-state index contributed by atoms with van der Waals surface area (Å²) in [5, 5.41) is 22.5. The first-order valence-electron chi connectivity index (χ1n) is 11.4. The van der Waals surface area contributed by atoms with E-state index in [1.54, 1.807) is 6.08 Å². The van der Waals surface area contributed by atoms with Gasteiger partial charge in [-0.05, 0) is 48.9 Å². The lowest BCUT2D eigenvalue weighted by Crippen LogP contribution is -2.30. The molecule has 37 heavy (non-hydrogen) atoms. The van der Waals surface area contributed by atoms with E-state index in [0.29, 0.717) is 15.6 Å². The molecule has 0 spiro atoms. The van der Waals surface area contributed by atoms with Gasteiger partial charge in [0.25, 0.3) is 11.5 Å². The summed E-state index contributed by atoms with van der Waals surface area (Å²) in [5.41, 5.74) is 1.07. The van der Waals surface area contributed by atoms with Crippen molar-refractivity contribution in [3.05, 3.63) is 89.7 Å². The first-order valence-corrected chi connectivity index (χ1v) is 13.6. The lowest BCUT2D eigenvalue weighted by atomic mass is 9.98. The number of nitriles is 1. The second-order valence-corrected chi connectivity index (χ2v) is 11.2. The highest BCUT2D eigenvalue weighted by molar-refractivity contribution is 8.26. The molecule has 0 radical (unpaired) electrons. The summed E-state index contributed by atoms with van der Waals surface area (Å²) < 4.78 is 1.48. The summed E-state index contributed by atoms with van der Waals surface area (Å²) in [7, 11) is 0. The second-order valence-electron chi connectivity index (χ2n) is 8.56. The van der Waals surface area contributed by atoms with Crippen LogP contribution in [0.5, 0.6) is 5.88 Å². The minimum absolute atomic E-state index is 0.00301. The fraction of sp³-hybridized carbons (Fsp3) is 0.222. The van der Waals surface area contributed by atoms with Crippen LogP contribution in [0.2, 0.25) is 0 Å². The van der Waals surface area contributed by atoms with Gasteiger partial charge in [-0.2, -0.15) is 5.26 Å². The number of nitrogens with zero attached hydrogens (tertiary/aromatic N) is 3. The highest BCUT2D eigenvalue weighted by Gasteiger charge is 2.32. The number of carbonyl (C=O) groups is 2. The number of Topliss-reactive ketones (excluding diaryl/α,β-unsaturated/α-hetero) is 1. The van der Waals surface area contributed by atoms with Gasteiger partial charge in [0.15, 0.2) is 5.78 Å². The number of aromatic hydroxyl groups is 1. The third-order valence-corrected chi connectivity index (χ3v) is 8.21. The van der Waals surface area contributed by atoms with E-state index < -0.39 is 17.2 Å². The molecular weight excluding hydrogens is 527 g/mol. The van der Waals surface area contributed by atoms with Crippen LogP contribution in [-0.2, 0) is 11.3 Å². The number of benzene rings is 1. The highest BCUT2D eigenvalue weighted by Crippen LogP contribution is 2.33. The van der Waals surface area contributed by atoms with Gasteiger partial charge >= 0.3 is 0 Å². The van der Waals surface area contributed by atoms with E-state index in [1.165, 1.54) is 34.9 Å². The number of amides is 1. The van der Waals surface area contributed by atoms with Gasteiger partial charge in [-0.25, -0.2) is 0 Å². The fourth-order valence-corrected chi connectivity index (χ4v) is 6.06. The third kappa shape index (κ3) is 5.59. The van der Waals surface area contributed by atoms with E-state index in [-0.39, 0.29) is 42.1 Å². The van der Waals surface area contributed by atoms with Crippen molar-refractivity contribution in [3.8, 4) is 11.9 Å². The van der Waals surface area contributed by atoms with Crippen molar-refractivity contribution in [1.29, 1.82) is 5.26 Å². The van der Waals surface area contributed by atoms with E-state index >= 15 is 0 Å². The fourth-order valence-electron chi connectivity index (χ4n) is 4.03. The molecule has 1 aromatic carbocycles. The zero-order valence-corrected chi connectivity index (χ0v) is 22.6. The Bertz CT molecular complexity index is 1510. The summed E-state index contributed by atoms with van der Waals surface area (Å²) in [6.07, 6.45) is 2.11. The van der Waals surface area contributed by atoms with Crippen LogP contribution in [0.15, 0.2) is 51.5 Å². The van der Waals surface area contributed by atoms with Crippen molar-refractivity contribution in [2.75, 3.05) is 6.54 Å². The molecule has 3 heterocycles. The maximum Gasteiger partial charge on any atom is 0.271 e. The van der Waals surface area contributed by atoms with Crippen molar-refractivity contribution >= 4 is 57.4 Å². The molecule has 1 saturated heterocycles. The minimum Gasteiger partial charge on any atom is -0.494 e. The number of hydrogen-bond acceptors (Lipinski definition) is 8. The minimum atomic E-state index is -0.648. The lowest BCUT2D eigenvalue weighted by molar-refractivity contribution is -0.122. The Morgan fingerprint density at radius 1 is 1.19 bits per heavy atom. The van der Waals surface area contributed by atoms with E-state index in [1.807, 2.05) is 54.8 Å². The van der Waals surface area contributed by atoms with Gasteiger partial charge in [-0.15, -0.1) is 11.3 Å². The number of pyridine rings is 1. The van der Waals surface area contributed by atoms with Gasteiger partial charge in [-0.3, -0.25) is 23.9 Å². The molecule has 0 atom stereocenters. The van der Waals surface area contributed by atoms with Crippen LogP contribution in [0.4, 0.5) is 0 Å². The van der Waals surface area contributed by atoms with E-state index in [2.05, 4.69) is 0 Å². The molecule has 1 aliphatic heterocycles. The highest BCUT2D eigenvalue weighted by atomic mass is 32.2. The molecule has 188 valence electrons. The summed E-state index contributed by atoms with van der Waals surface area (Å²) in [4.78, 5) is 41.9. The van der Waals surface area contributed by atoms with Crippen molar-refractivity contribution in [2.24, 2.45) is 0 Å². The Labute approximate surface area is 227 Å². The summed E-state index contributed by atoms with van der Waals surface area (Å²) in [6, 6.07) is 13.1. The molecule has 4 rings (SSSR count). The normalized spacial score (nSPS) is 14.4. The number of ketones is 1. The molecule has 2 aromatic heterocycles. The van der Waals surface area contributed by atoms with Gasteiger partial charge in [0.2, 0.25) is 5.88 Å². The molecule has 0 aliphatic carbocycles. The quantitative estimate of drug-likeness (QED) is 0.239. The number of aromatic nitrogens is 1. The Hall–Kier alpha value is -3.52. The standard InChI is InChI=1S/C27H23N3O4S3/c1-16-7-9-18(10-8-16)15-30-24(32)20(14-28)17(2)23(26(30)34)21(31)6-3-11-29-25(33)22(37-27(29)35)13-19-5-4-12-36-19/h4-5,7-10,12-13,34H,3,6,11,15H2,1-2H3/b22-13-. The third-order valence-electron chi connectivity index (χ3n) is 6.02. The molecule has 0 bridgehead atoms. The number of aryl methyl sites for hydroxylation is 1. The van der Waals surface area contributed by atoms with Crippen LogP contribution in [0, 0.1) is 25.2 Å². The number of thiocarbonyl (C=S) groups is 1. The average molecular weight is 550 g/mol. The zero-order valence-electron chi connectivity index (χ0n) is 20.2. The molecule has 1 aliphatic rings. The Balaban J connectivity index is 1.52. The van der Waals surface area contributed by atoms with Crippen LogP contribution in [0.25, 0.3) is 6.08 Å². The largest absolute Gasteiger partial charge is 0.494 e. The van der Waals surface area contributed by atoms with E-state index in [9.17, 15) is 24.8 Å². The molecular formula is C27H23N3O4S3. The van der Waals surface area contributed by atoms with Crippen LogP contribution >= 0.6 is 35.3 Å². The molecule has 0 saturated carbocycles. The molecule has 1 fully saturated rings. The predicted octanol–water partition coefficient (Wildman–Crippen LogP) is 5.02. The van der Waals surface area contributed by atoms with Gasteiger partial charge < -0.3 is 5.11 Å². The molecule has 3 aromatic rings. The summed E-state index contributed by atoms with van der Waals surface area (Å²) in [5.74, 6) is -1.08. The second kappa shape index (κ2) is 11.3. The Morgan fingerprint density at radius 3 is 2.57 bits per heavy atom.